The molecule has 1 amide bonds. The van der Waals surface area contributed by atoms with Crippen molar-refractivity contribution in [3.63, 3.8) is 0 Å². The number of amides is 1. The summed E-state index contributed by atoms with van der Waals surface area (Å²) in [6.07, 6.45) is 2.89. The number of anilines is 1. The molecule has 9 nitrogen and oxygen atoms in total. The van der Waals surface area contributed by atoms with Crippen LogP contribution in [0, 0.1) is 6.92 Å². The summed E-state index contributed by atoms with van der Waals surface area (Å²) in [5.74, 6) is 0.510. The monoisotopic (exact) mass is 527 g/mol. The molecule has 3 heterocycles. The van der Waals surface area contributed by atoms with Crippen molar-refractivity contribution in [2.45, 2.75) is 50.1 Å². The predicted molar refractivity (Wildman–Crippen MR) is 139 cm³/mol. The lowest BCUT2D eigenvalue weighted by Gasteiger charge is -2.33. The predicted octanol–water partition coefficient (Wildman–Crippen LogP) is 4.52. The number of benzene rings is 2. The smallest absolute Gasteiger partial charge is 0.293 e. The Morgan fingerprint density at radius 2 is 1.95 bits per heavy atom. The minimum Gasteiger partial charge on any atom is -0.431 e. The molecule has 198 valence electrons. The molecule has 0 radical (unpaired) electrons. The van der Waals surface area contributed by atoms with Crippen molar-refractivity contribution in [2.75, 3.05) is 18.4 Å². The van der Waals surface area contributed by atoms with Gasteiger partial charge in [0.15, 0.2) is 0 Å². The number of hydrogen-bond donors (Lipinski definition) is 2. The molecule has 2 aromatic carbocycles. The Balaban J connectivity index is 1.11. The normalized spacial score (nSPS) is 21.2. The molecule has 2 N–H and O–H groups in total. The zero-order valence-corrected chi connectivity index (χ0v) is 21.3. The summed E-state index contributed by atoms with van der Waals surface area (Å²) in [5.41, 5.74) is 4.42. The lowest BCUT2D eigenvalue weighted by molar-refractivity contribution is -0.123. The van der Waals surface area contributed by atoms with Gasteiger partial charge in [-0.2, -0.15) is 4.98 Å². The Bertz CT molecular complexity index is 1620. The van der Waals surface area contributed by atoms with Crippen LogP contribution < -0.4 is 10.6 Å². The second kappa shape index (κ2) is 8.94. The van der Waals surface area contributed by atoms with Crippen LogP contribution in [0.4, 0.5) is 10.1 Å². The van der Waals surface area contributed by atoms with Crippen LogP contribution in [-0.4, -0.2) is 46.1 Å². The number of Topliss-reactive ketones (excluding diaryl/α,β-unsaturated/α-hetero) is 1. The first-order chi connectivity index (χ1) is 18.9. The van der Waals surface area contributed by atoms with Crippen LogP contribution >= 0.6 is 0 Å². The van der Waals surface area contributed by atoms with Crippen molar-refractivity contribution in [1.82, 2.24) is 20.4 Å². The molecule has 1 saturated carbocycles. The van der Waals surface area contributed by atoms with Crippen molar-refractivity contribution in [2.24, 2.45) is 0 Å². The van der Waals surface area contributed by atoms with E-state index in [0.717, 1.165) is 48.2 Å². The van der Waals surface area contributed by atoms with Gasteiger partial charge in [-0.3, -0.25) is 9.59 Å². The van der Waals surface area contributed by atoms with Crippen LogP contribution in [0.2, 0.25) is 0 Å². The number of nitrogens with zero attached hydrogens (tertiary/aromatic N) is 3. The molecular formula is C29H26FN5O4. The fourth-order valence-corrected chi connectivity index (χ4v) is 5.72. The van der Waals surface area contributed by atoms with Crippen LogP contribution in [-0.2, 0) is 16.6 Å². The van der Waals surface area contributed by atoms with Gasteiger partial charge >= 0.3 is 0 Å². The van der Waals surface area contributed by atoms with Crippen LogP contribution in [0.3, 0.4) is 0 Å². The van der Waals surface area contributed by atoms with Crippen molar-refractivity contribution in [1.29, 1.82) is 0 Å². The largest absolute Gasteiger partial charge is 0.431 e. The number of rotatable bonds is 5. The first kappa shape index (κ1) is 23.9. The topological polar surface area (TPSA) is 123 Å². The van der Waals surface area contributed by atoms with Gasteiger partial charge in [0.2, 0.25) is 23.4 Å². The first-order valence-electron chi connectivity index (χ1n) is 13.1. The molecule has 10 heteroatoms. The summed E-state index contributed by atoms with van der Waals surface area (Å²) in [6.45, 7) is 3.49. The summed E-state index contributed by atoms with van der Waals surface area (Å²) in [6, 6.07) is 11.3. The maximum absolute atomic E-state index is 13.4. The number of nitrogens with one attached hydrogen (secondary N) is 2. The molecule has 3 aliphatic rings. The van der Waals surface area contributed by atoms with Gasteiger partial charge < -0.3 is 19.6 Å². The van der Waals surface area contributed by atoms with E-state index < -0.39 is 17.5 Å². The molecule has 1 aliphatic heterocycles. The number of aryl methyl sites for hydroxylation is 1. The van der Waals surface area contributed by atoms with E-state index in [-0.39, 0.29) is 17.5 Å². The number of oxazole rings is 1. The summed E-state index contributed by atoms with van der Waals surface area (Å²) in [7, 11) is 0. The van der Waals surface area contributed by atoms with Crippen LogP contribution in [0.1, 0.15) is 58.3 Å². The summed E-state index contributed by atoms with van der Waals surface area (Å²) in [4.78, 5) is 34.7. The zero-order chi connectivity index (χ0) is 26.7. The second-order valence-electron chi connectivity index (χ2n) is 10.6. The number of alkyl halides is 1. The SMILES string of the molecule is Cc1ccc(-c2noc([C@H]3C[C@@H]3F)n2)cc1NC(=O)c1cnc(-c2ccc3c(c2)C2(CCNCC2)C(=O)C3)o1. The Labute approximate surface area is 223 Å². The molecule has 1 saturated heterocycles. The molecule has 2 fully saturated rings. The fourth-order valence-electron chi connectivity index (χ4n) is 5.72. The van der Waals surface area contributed by atoms with Gasteiger partial charge in [0.25, 0.3) is 5.91 Å². The molecule has 39 heavy (non-hydrogen) atoms. The number of fused-ring (bicyclic) bond motifs is 2. The molecular weight excluding hydrogens is 501 g/mol. The quantitative estimate of drug-likeness (QED) is 0.388. The Morgan fingerprint density at radius 3 is 2.74 bits per heavy atom. The van der Waals surface area contributed by atoms with Gasteiger partial charge in [0.05, 0.1) is 17.5 Å². The maximum atomic E-state index is 13.4. The van der Waals surface area contributed by atoms with Crippen molar-refractivity contribution >= 4 is 17.4 Å². The highest BCUT2D eigenvalue weighted by Crippen LogP contribution is 2.44. The Hall–Kier alpha value is -4.18. The summed E-state index contributed by atoms with van der Waals surface area (Å²) in [5, 5.41) is 10.2. The zero-order valence-electron chi connectivity index (χ0n) is 21.3. The van der Waals surface area contributed by atoms with Crippen molar-refractivity contribution in [3.05, 3.63) is 70.9 Å². The van der Waals surface area contributed by atoms with Crippen LogP contribution in [0.5, 0.6) is 0 Å². The van der Waals surface area contributed by atoms with Crippen molar-refractivity contribution < 1.29 is 22.9 Å². The fraction of sp³-hybridized carbons (Fsp3) is 0.345. The average Bonchev–Trinajstić information content (AvgIpc) is 3.32. The maximum Gasteiger partial charge on any atom is 0.293 e. The highest BCUT2D eigenvalue weighted by atomic mass is 19.1. The van der Waals surface area contributed by atoms with Gasteiger partial charge in [-0.1, -0.05) is 23.4 Å². The van der Waals surface area contributed by atoms with Gasteiger partial charge in [-0.25, -0.2) is 9.37 Å². The lowest BCUT2D eigenvalue weighted by atomic mass is 9.73. The van der Waals surface area contributed by atoms with E-state index in [0.29, 0.717) is 41.7 Å². The minimum absolute atomic E-state index is 0.0625. The van der Waals surface area contributed by atoms with E-state index in [4.69, 9.17) is 8.94 Å². The first-order valence-corrected chi connectivity index (χ1v) is 13.1. The minimum atomic E-state index is -0.928. The molecule has 0 bridgehead atoms. The number of piperidine rings is 1. The standard InChI is InChI=1S/C29H26FN5O4/c1-15-2-3-17(25-34-28(39-35-25)19-13-21(19)30)11-22(15)33-26(37)23-14-32-27(38-23)18-5-4-16-12-24(36)29(20(16)10-18)6-8-31-9-7-29/h2-5,10-11,14,19,21,31H,6-9,12-13H2,1H3,(H,33,37)/t19-,21-/m0/s1. The van der Waals surface area contributed by atoms with Crippen LogP contribution in [0.25, 0.3) is 22.8 Å². The third-order valence-corrected chi connectivity index (χ3v) is 8.16. The van der Waals surface area contributed by atoms with Gasteiger partial charge in [0.1, 0.15) is 12.0 Å². The van der Waals surface area contributed by atoms with E-state index in [9.17, 15) is 14.0 Å². The summed E-state index contributed by atoms with van der Waals surface area (Å²) < 4.78 is 24.4. The molecule has 7 rings (SSSR count). The number of aromatic nitrogens is 3. The Morgan fingerprint density at radius 1 is 1.15 bits per heavy atom. The molecule has 2 atom stereocenters. The summed E-state index contributed by atoms with van der Waals surface area (Å²) >= 11 is 0. The lowest BCUT2D eigenvalue weighted by Crippen LogP contribution is -2.43. The Kier molecular flexibility index (Phi) is 5.48. The number of carbonyl (C=O) groups excluding carboxylic acids is 2. The highest BCUT2D eigenvalue weighted by molar-refractivity contribution is 6.03. The number of carbonyl (C=O) groups is 2. The number of ketones is 1. The van der Waals surface area contributed by atoms with Gasteiger partial charge in [0, 0.05) is 23.2 Å². The van der Waals surface area contributed by atoms with E-state index in [1.165, 1.54) is 6.20 Å². The van der Waals surface area contributed by atoms with E-state index in [1.807, 2.05) is 37.3 Å². The van der Waals surface area contributed by atoms with Gasteiger partial charge in [-0.05, 0) is 74.2 Å². The number of halogens is 1. The van der Waals surface area contributed by atoms with Crippen molar-refractivity contribution in [3.8, 4) is 22.8 Å². The molecule has 2 aliphatic carbocycles. The second-order valence-corrected chi connectivity index (χ2v) is 10.6. The molecule has 4 aromatic rings. The molecule has 1 spiro atoms. The van der Waals surface area contributed by atoms with E-state index in [1.54, 1.807) is 6.07 Å². The van der Waals surface area contributed by atoms with Crippen LogP contribution in [0.15, 0.2) is 51.5 Å². The van der Waals surface area contributed by atoms with E-state index >= 15 is 0 Å². The van der Waals surface area contributed by atoms with E-state index in [2.05, 4.69) is 25.8 Å². The third-order valence-electron chi connectivity index (χ3n) is 8.16. The molecule has 0 unspecified atom stereocenters. The number of hydrogen-bond acceptors (Lipinski definition) is 8. The average molecular weight is 528 g/mol. The van der Waals surface area contributed by atoms with Gasteiger partial charge in [-0.15, -0.1) is 0 Å². The molecule has 2 aromatic heterocycles. The highest BCUT2D eigenvalue weighted by Gasteiger charge is 2.46. The third kappa shape index (κ3) is 4.06.